The molecule has 2 aromatic rings. The molecule has 1 N–H and O–H groups in total. The number of thiophene rings is 1. The minimum atomic E-state index is -0.0484. The molecule has 2 heterocycles. The zero-order valence-corrected chi connectivity index (χ0v) is 10.8. The molecule has 0 aromatic carbocycles. The molecule has 0 atom stereocenters. The van der Waals surface area contributed by atoms with E-state index in [0.717, 1.165) is 10.6 Å². The van der Waals surface area contributed by atoms with Crippen LogP contribution >= 0.6 is 11.3 Å². The van der Waals surface area contributed by atoms with Crippen LogP contribution in [0.25, 0.3) is 0 Å². The van der Waals surface area contributed by atoms with Gasteiger partial charge in [-0.1, -0.05) is 6.07 Å². The highest BCUT2D eigenvalue weighted by Crippen LogP contribution is 2.22. The minimum Gasteiger partial charge on any atom is -0.381 e. The maximum atomic E-state index is 11.9. The second kappa shape index (κ2) is 4.94. The predicted molar refractivity (Wildman–Crippen MR) is 73.2 cm³/mol. The average molecular weight is 261 g/mol. The molecule has 1 aliphatic carbocycles. The normalized spacial score (nSPS) is 15.3. The zero-order chi connectivity index (χ0) is 12.4. The molecule has 0 radical (unpaired) electrons. The van der Waals surface area contributed by atoms with Gasteiger partial charge < -0.3 is 5.32 Å². The third-order valence-corrected chi connectivity index (χ3v) is 4.09. The lowest BCUT2D eigenvalue weighted by molar-refractivity contribution is 0.445. The molecule has 18 heavy (non-hydrogen) atoms. The van der Waals surface area contributed by atoms with Gasteiger partial charge >= 0.3 is 0 Å². The molecule has 4 nitrogen and oxygen atoms in total. The smallest absolute Gasteiger partial charge is 0.269 e. The van der Waals surface area contributed by atoms with Crippen molar-refractivity contribution in [2.75, 3.05) is 5.32 Å². The van der Waals surface area contributed by atoms with Crippen molar-refractivity contribution in [1.29, 1.82) is 0 Å². The topological polar surface area (TPSA) is 46.9 Å². The summed E-state index contributed by atoms with van der Waals surface area (Å²) >= 11 is 1.64. The highest BCUT2D eigenvalue weighted by atomic mass is 32.1. The van der Waals surface area contributed by atoms with Crippen LogP contribution < -0.4 is 10.9 Å². The molecule has 1 saturated carbocycles. The Bertz CT molecular complexity index is 572. The number of anilines is 1. The van der Waals surface area contributed by atoms with Crippen molar-refractivity contribution in [3.63, 3.8) is 0 Å². The van der Waals surface area contributed by atoms with Crippen molar-refractivity contribution in [2.24, 2.45) is 0 Å². The van der Waals surface area contributed by atoms with Crippen LogP contribution in [0.2, 0.25) is 0 Å². The standard InChI is InChI=1S/C13H15N3OS/c17-13-7-11(15-10-3-1-4-10)8-14-16(13)9-12-5-2-6-18-12/h2,5-8,10,15H,1,3-4,9H2. The van der Waals surface area contributed by atoms with Crippen molar-refractivity contribution in [1.82, 2.24) is 9.78 Å². The number of nitrogens with one attached hydrogen (secondary N) is 1. The van der Waals surface area contributed by atoms with Gasteiger partial charge in [0.2, 0.25) is 0 Å². The van der Waals surface area contributed by atoms with Crippen LogP contribution in [0.3, 0.4) is 0 Å². The monoisotopic (exact) mass is 261 g/mol. The fourth-order valence-corrected chi connectivity index (χ4v) is 2.66. The van der Waals surface area contributed by atoms with E-state index in [1.54, 1.807) is 23.6 Å². The lowest BCUT2D eigenvalue weighted by Crippen LogP contribution is -2.29. The summed E-state index contributed by atoms with van der Waals surface area (Å²) in [4.78, 5) is 13.1. The molecule has 0 amide bonds. The maximum absolute atomic E-state index is 11.9. The number of hydrogen-bond donors (Lipinski definition) is 1. The second-order valence-electron chi connectivity index (χ2n) is 4.59. The molecule has 0 spiro atoms. The largest absolute Gasteiger partial charge is 0.381 e. The van der Waals surface area contributed by atoms with Gasteiger partial charge in [0.05, 0.1) is 18.4 Å². The van der Waals surface area contributed by atoms with Gasteiger partial charge in [0.15, 0.2) is 0 Å². The molecular weight excluding hydrogens is 246 g/mol. The van der Waals surface area contributed by atoms with Crippen molar-refractivity contribution in [3.05, 3.63) is 45.0 Å². The molecule has 1 fully saturated rings. The van der Waals surface area contributed by atoms with Gasteiger partial charge in [0, 0.05) is 17.0 Å². The van der Waals surface area contributed by atoms with Crippen LogP contribution in [0.1, 0.15) is 24.1 Å². The fourth-order valence-electron chi connectivity index (χ4n) is 1.97. The lowest BCUT2D eigenvalue weighted by Gasteiger charge is -2.27. The highest BCUT2D eigenvalue weighted by Gasteiger charge is 2.17. The van der Waals surface area contributed by atoms with Gasteiger partial charge in [-0.15, -0.1) is 11.3 Å². The summed E-state index contributed by atoms with van der Waals surface area (Å²) in [6.07, 6.45) is 5.41. The van der Waals surface area contributed by atoms with Gasteiger partial charge in [-0.05, 0) is 30.7 Å². The lowest BCUT2D eigenvalue weighted by atomic mass is 9.93. The highest BCUT2D eigenvalue weighted by molar-refractivity contribution is 7.09. The molecule has 94 valence electrons. The molecule has 0 unspecified atom stereocenters. The fraction of sp³-hybridized carbons (Fsp3) is 0.385. The van der Waals surface area contributed by atoms with Gasteiger partial charge in [-0.2, -0.15) is 5.10 Å². The first-order chi connectivity index (χ1) is 8.81. The van der Waals surface area contributed by atoms with E-state index in [4.69, 9.17) is 0 Å². The minimum absolute atomic E-state index is 0.0484. The SMILES string of the molecule is O=c1cc(NC2CCC2)cnn1Cc1cccs1. The molecule has 3 rings (SSSR count). The van der Waals surface area contributed by atoms with E-state index in [1.165, 1.54) is 23.9 Å². The Morgan fingerprint density at radius 1 is 1.50 bits per heavy atom. The van der Waals surface area contributed by atoms with Crippen molar-refractivity contribution in [3.8, 4) is 0 Å². The molecule has 1 aliphatic rings. The van der Waals surface area contributed by atoms with Gasteiger partial charge in [0.1, 0.15) is 0 Å². The summed E-state index contributed by atoms with van der Waals surface area (Å²) in [7, 11) is 0. The third kappa shape index (κ3) is 2.46. The Kier molecular flexibility index (Phi) is 3.15. The first kappa shape index (κ1) is 11.5. The van der Waals surface area contributed by atoms with Crippen LogP contribution in [0, 0.1) is 0 Å². The Hall–Kier alpha value is -1.62. The van der Waals surface area contributed by atoms with Crippen LogP contribution in [0.5, 0.6) is 0 Å². The summed E-state index contributed by atoms with van der Waals surface area (Å²) < 4.78 is 1.50. The Balaban J connectivity index is 1.74. The van der Waals surface area contributed by atoms with Crippen LogP contribution in [-0.4, -0.2) is 15.8 Å². The van der Waals surface area contributed by atoms with Gasteiger partial charge in [0.25, 0.3) is 5.56 Å². The van der Waals surface area contributed by atoms with Crippen LogP contribution in [-0.2, 0) is 6.54 Å². The van der Waals surface area contributed by atoms with E-state index in [-0.39, 0.29) is 5.56 Å². The van der Waals surface area contributed by atoms with Crippen LogP contribution in [0.15, 0.2) is 34.6 Å². The summed E-state index contributed by atoms with van der Waals surface area (Å²) in [6, 6.07) is 6.16. The Morgan fingerprint density at radius 2 is 2.39 bits per heavy atom. The van der Waals surface area contributed by atoms with E-state index in [9.17, 15) is 4.79 Å². The molecule has 0 saturated heterocycles. The Morgan fingerprint density at radius 3 is 3.00 bits per heavy atom. The Labute approximate surface area is 109 Å². The van der Waals surface area contributed by atoms with E-state index < -0.39 is 0 Å². The first-order valence-corrected chi connectivity index (χ1v) is 7.05. The predicted octanol–water partition coefficient (Wildman–Crippen LogP) is 2.32. The summed E-state index contributed by atoms with van der Waals surface area (Å²) in [5.41, 5.74) is 0.792. The van der Waals surface area contributed by atoms with Gasteiger partial charge in [-0.25, -0.2) is 4.68 Å². The first-order valence-electron chi connectivity index (χ1n) is 6.17. The van der Waals surface area contributed by atoms with E-state index >= 15 is 0 Å². The molecule has 0 bridgehead atoms. The number of rotatable bonds is 4. The second-order valence-corrected chi connectivity index (χ2v) is 5.62. The van der Waals surface area contributed by atoms with Crippen molar-refractivity contribution in [2.45, 2.75) is 31.8 Å². The number of nitrogens with zero attached hydrogens (tertiary/aromatic N) is 2. The third-order valence-electron chi connectivity index (χ3n) is 3.23. The summed E-state index contributed by atoms with van der Waals surface area (Å²) in [5, 5.41) is 9.55. The zero-order valence-electron chi connectivity index (χ0n) is 10.0. The summed E-state index contributed by atoms with van der Waals surface area (Å²) in [6.45, 7) is 0.556. The molecular formula is C13H15N3OS. The maximum Gasteiger partial charge on any atom is 0.269 e. The van der Waals surface area contributed by atoms with Gasteiger partial charge in [-0.3, -0.25) is 4.79 Å². The van der Waals surface area contributed by atoms with E-state index in [2.05, 4.69) is 10.4 Å². The van der Waals surface area contributed by atoms with E-state index in [1.807, 2.05) is 17.5 Å². The number of aromatic nitrogens is 2. The molecule has 0 aliphatic heterocycles. The summed E-state index contributed by atoms with van der Waals surface area (Å²) in [5.74, 6) is 0. The van der Waals surface area contributed by atoms with E-state index in [0.29, 0.717) is 12.6 Å². The number of hydrogen-bond acceptors (Lipinski definition) is 4. The van der Waals surface area contributed by atoms with Crippen molar-refractivity contribution >= 4 is 17.0 Å². The molecule has 5 heteroatoms. The molecule has 2 aromatic heterocycles. The quantitative estimate of drug-likeness (QED) is 0.918. The van der Waals surface area contributed by atoms with Crippen molar-refractivity contribution < 1.29 is 0 Å². The average Bonchev–Trinajstić information content (AvgIpc) is 2.80. The van der Waals surface area contributed by atoms with Crippen LogP contribution in [0.4, 0.5) is 5.69 Å².